The third-order valence-electron chi connectivity index (χ3n) is 0. The van der Waals surface area contributed by atoms with Crippen LogP contribution >= 0.6 is 0 Å². The average Bonchev–Trinajstić information content (AvgIpc) is 0.918. The van der Waals surface area contributed by atoms with E-state index >= 15 is 0 Å². The fraction of sp³-hybridized carbons (Fsp3) is 0. The first-order valence-electron chi connectivity index (χ1n) is 0.365. The molecule has 0 aromatic heterocycles. The van der Waals surface area contributed by atoms with Crippen molar-refractivity contribution in [1.29, 1.82) is 0 Å². The van der Waals surface area contributed by atoms with Gasteiger partial charge in [0.05, 0.1) is 0 Å². The second kappa shape index (κ2) is 43.4. The molecule has 0 saturated heterocycles. The van der Waals surface area contributed by atoms with Gasteiger partial charge in [0, 0.05) is 0 Å². The van der Waals surface area contributed by atoms with Crippen LogP contribution in [0, 0.1) is 0 Å². The van der Waals surface area contributed by atoms with Crippen LogP contribution in [0.15, 0.2) is 0 Å². The lowest BCUT2D eigenvalue weighted by Crippen LogP contribution is -1.60. The molecule has 0 amide bonds. The van der Waals surface area contributed by atoms with Crippen molar-refractivity contribution in [2.45, 2.75) is 0 Å². The van der Waals surface area contributed by atoms with Crippen molar-refractivity contribution in [3.63, 3.8) is 0 Å². The van der Waals surface area contributed by atoms with Crippen LogP contribution in [-0.2, 0) is 5.04 Å². The first kappa shape index (κ1) is 36.0. The minimum atomic E-state index is 0. The Morgan fingerprint density at radius 2 is 0.714 bits per heavy atom. The largest absolute Gasteiger partial charge is 0.221 e. The smallest absolute Gasteiger partial charge is 0.187 e. The van der Waals surface area contributed by atoms with Gasteiger partial charge in [-0.15, -0.1) is 0 Å². The highest BCUT2D eigenvalue weighted by molar-refractivity contribution is 5.76. The van der Waals surface area contributed by atoms with Crippen LogP contribution in [0.2, 0.25) is 0 Å². The summed E-state index contributed by atoms with van der Waals surface area (Å²) >= 11 is 0. The second-order valence-electron chi connectivity index (χ2n) is 0.0816. The van der Waals surface area contributed by atoms with Crippen LogP contribution in [-0.4, -0.2) is 80.0 Å². The maximum atomic E-state index is 6.62. The predicted molar refractivity (Wildman–Crippen MR) is 46.1 cm³/mol. The van der Waals surface area contributed by atoms with Gasteiger partial charge in [0.1, 0.15) is 0 Å². The molecule has 0 aliphatic rings. The molecule has 0 saturated carbocycles. The molecule has 0 aliphatic heterocycles. The highest BCUT2D eigenvalue weighted by atomic mass is 27.0. The van der Waals surface area contributed by atoms with Crippen LogP contribution < -0.4 is 0 Å². The maximum absolute atomic E-state index is 6.62. The third-order valence-corrected chi connectivity index (χ3v) is 0. The lowest BCUT2D eigenvalue weighted by Gasteiger charge is -1.56. The van der Waals surface area contributed by atoms with Crippen molar-refractivity contribution >= 4 is 69.4 Å². The van der Waals surface area contributed by atoms with Crippen LogP contribution in [0.4, 0.5) is 0 Å². The number of hydrogen-bond acceptors (Lipinski definition) is 3. The zero-order valence-electron chi connectivity index (χ0n) is 1.30. The molecule has 7 heteroatoms. The Morgan fingerprint density at radius 1 is 0.714 bits per heavy atom. The van der Waals surface area contributed by atoms with E-state index in [0.29, 0.717) is 0 Å². The zero-order valence-corrected chi connectivity index (χ0v) is 1.30. The SMILES string of the molecule is OOO.[AlH3].[AlH3].[AlH3].[AlH3]. The minimum Gasteiger partial charge on any atom is -0.221 e. The molecule has 0 aliphatic carbocycles. The van der Waals surface area contributed by atoms with Crippen molar-refractivity contribution in [2.75, 3.05) is 0 Å². The molecule has 0 radical (unpaired) electrons. The second-order valence-corrected chi connectivity index (χ2v) is 0.0816. The predicted octanol–water partition coefficient (Wildman–Crippen LogP) is -4.79. The molecular formula is H14Al4O3. The quantitative estimate of drug-likeness (QED) is 0.218. The van der Waals surface area contributed by atoms with Crippen LogP contribution in [0.3, 0.4) is 0 Å². The summed E-state index contributed by atoms with van der Waals surface area (Å²) in [5.41, 5.74) is 0. The van der Waals surface area contributed by atoms with Crippen molar-refractivity contribution in [3.8, 4) is 0 Å². The molecule has 0 bridgehead atoms. The highest BCUT2D eigenvalue weighted by Gasteiger charge is 1.27. The lowest BCUT2D eigenvalue weighted by atomic mass is 14.6. The Balaban J connectivity index is -0.00000000333. The summed E-state index contributed by atoms with van der Waals surface area (Å²) in [5.74, 6) is 0. The summed E-state index contributed by atoms with van der Waals surface area (Å²) in [4.78, 5) is 0. The van der Waals surface area contributed by atoms with Crippen molar-refractivity contribution < 1.29 is 15.6 Å². The summed E-state index contributed by atoms with van der Waals surface area (Å²) in [6, 6.07) is 0. The van der Waals surface area contributed by atoms with Gasteiger partial charge in [-0.25, -0.2) is 10.5 Å². The molecule has 3 nitrogen and oxygen atoms in total. The molecule has 0 rings (SSSR count). The molecule has 0 atom stereocenters. The van der Waals surface area contributed by atoms with E-state index in [2.05, 4.69) is 5.04 Å². The van der Waals surface area contributed by atoms with Crippen molar-refractivity contribution in [2.24, 2.45) is 0 Å². The van der Waals surface area contributed by atoms with Crippen molar-refractivity contribution in [3.05, 3.63) is 0 Å². The van der Waals surface area contributed by atoms with Gasteiger partial charge in [-0.1, -0.05) is 5.04 Å². The first-order chi connectivity index (χ1) is 1.41. The van der Waals surface area contributed by atoms with E-state index < -0.39 is 0 Å². The van der Waals surface area contributed by atoms with Crippen LogP contribution in [0.5, 0.6) is 0 Å². The average molecular weight is 170 g/mol. The summed E-state index contributed by atoms with van der Waals surface area (Å²) < 4.78 is 0. The Labute approximate surface area is 84.4 Å². The fourth-order valence-corrected chi connectivity index (χ4v) is 0. The Kier molecular flexibility index (Phi) is 223. The third kappa shape index (κ3) is 71.6. The van der Waals surface area contributed by atoms with Crippen molar-refractivity contribution in [1.82, 2.24) is 0 Å². The standard InChI is InChI=1S/4Al.H2O3.12H/c;;;;1-3-2;;;;;;;;;;;;/h;;;;1-2H;;;;;;;;;;;;. The molecule has 0 heterocycles. The monoisotopic (exact) mass is 170 g/mol. The lowest BCUT2D eigenvalue weighted by molar-refractivity contribution is -0.465. The molecule has 0 unspecified atom stereocenters. The number of hydrogen-bond donors (Lipinski definition) is 2. The molecule has 2 N–H and O–H groups in total. The van der Waals surface area contributed by atoms with Gasteiger partial charge in [-0.3, -0.25) is 0 Å². The Hall–Kier alpha value is 2.01. The Morgan fingerprint density at radius 3 is 0.714 bits per heavy atom. The summed E-state index contributed by atoms with van der Waals surface area (Å²) in [6.45, 7) is 0. The first-order valence-corrected chi connectivity index (χ1v) is 0.365. The van der Waals surface area contributed by atoms with Gasteiger partial charge < -0.3 is 0 Å². The number of rotatable bonds is 0. The van der Waals surface area contributed by atoms with Gasteiger partial charge >= 0.3 is 0 Å². The Bertz CT molecular complexity index is 6.90. The zero-order chi connectivity index (χ0) is 2.71. The van der Waals surface area contributed by atoms with E-state index in [9.17, 15) is 0 Å². The van der Waals surface area contributed by atoms with Gasteiger partial charge in [-0.05, 0) is 0 Å². The van der Waals surface area contributed by atoms with E-state index in [0.717, 1.165) is 0 Å². The van der Waals surface area contributed by atoms with E-state index in [1.807, 2.05) is 0 Å². The van der Waals surface area contributed by atoms with E-state index in [1.54, 1.807) is 0 Å². The maximum Gasteiger partial charge on any atom is 0.187 e. The van der Waals surface area contributed by atoms with Crippen LogP contribution in [0.25, 0.3) is 0 Å². The van der Waals surface area contributed by atoms with Gasteiger partial charge in [0.2, 0.25) is 0 Å². The molecular weight excluding hydrogens is 156 g/mol. The van der Waals surface area contributed by atoms with E-state index in [1.165, 1.54) is 0 Å². The molecule has 0 aromatic carbocycles. The van der Waals surface area contributed by atoms with Gasteiger partial charge in [0.15, 0.2) is 69.4 Å². The van der Waals surface area contributed by atoms with E-state index in [-0.39, 0.29) is 69.4 Å². The normalized spacial score (nSPS) is 2.57. The van der Waals surface area contributed by atoms with Gasteiger partial charge in [-0.2, -0.15) is 0 Å². The van der Waals surface area contributed by atoms with Gasteiger partial charge in [0.25, 0.3) is 0 Å². The molecule has 44 valence electrons. The highest BCUT2D eigenvalue weighted by Crippen LogP contribution is 1.24. The van der Waals surface area contributed by atoms with Crippen LogP contribution in [0.1, 0.15) is 0 Å². The fourth-order valence-electron chi connectivity index (χ4n) is 0. The van der Waals surface area contributed by atoms with E-state index in [4.69, 9.17) is 10.5 Å². The molecule has 7 heavy (non-hydrogen) atoms. The summed E-state index contributed by atoms with van der Waals surface area (Å²) in [7, 11) is 0. The molecule has 0 spiro atoms. The molecule has 0 fully saturated rings. The topological polar surface area (TPSA) is 49.7 Å². The summed E-state index contributed by atoms with van der Waals surface area (Å²) in [6.07, 6.45) is 0. The summed E-state index contributed by atoms with van der Waals surface area (Å²) in [5, 5.41) is 15.5. The molecule has 0 aromatic rings. The minimum absolute atomic E-state index is 0.